The summed E-state index contributed by atoms with van der Waals surface area (Å²) in [5, 5.41) is 20.2. The number of rotatable bonds is 6. The van der Waals surface area contributed by atoms with E-state index in [2.05, 4.69) is 20.8 Å². The minimum absolute atomic E-state index is 0.0490. The second-order valence-electron chi connectivity index (χ2n) is 6.83. The average molecular weight is 306 g/mol. The van der Waals surface area contributed by atoms with Gasteiger partial charge < -0.3 is 14.9 Å². The third-order valence-corrected chi connectivity index (χ3v) is 5.89. The lowest BCUT2D eigenvalue weighted by molar-refractivity contribution is 0.0339. The van der Waals surface area contributed by atoms with E-state index in [4.69, 9.17) is 4.74 Å². The second-order valence-corrected chi connectivity index (χ2v) is 6.83. The van der Waals surface area contributed by atoms with Crippen molar-refractivity contribution in [3.8, 4) is 11.5 Å². The SMILES string of the molecule is CCc1cc(O)c(OC)cc1CC[C@@H]1CC[C@H](O)[C@@]1(C)CC. The standard InChI is InChI=1S/C19H30O3/c1-5-13-11-16(20)17(22-4)12-14(13)7-8-15-9-10-18(21)19(15,3)6-2/h11-12,15,18,20-21H,5-10H2,1-4H3/t15-,18+,19+/m1/s1. The van der Waals surface area contributed by atoms with Crippen LogP contribution in [0.1, 0.15) is 57.6 Å². The summed E-state index contributed by atoms with van der Waals surface area (Å²) in [5.74, 6) is 1.34. The summed E-state index contributed by atoms with van der Waals surface area (Å²) in [7, 11) is 1.59. The molecule has 1 aliphatic carbocycles. The van der Waals surface area contributed by atoms with Gasteiger partial charge in [0, 0.05) is 0 Å². The number of aromatic hydroxyl groups is 1. The molecular formula is C19H30O3. The first-order valence-electron chi connectivity index (χ1n) is 8.53. The first-order chi connectivity index (χ1) is 10.5. The van der Waals surface area contributed by atoms with Crippen LogP contribution in [0.15, 0.2) is 12.1 Å². The molecule has 0 radical (unpaired) electrons. The number of ether oxygens (including phenoxy) is 1. The van der Waals surface area contributed by atoms with Gasteiger partial charge in [0.15, 0.2) is 11.5 Å². The number of aliphatic hydroxyl groups excluding tert-OH is 1. The van der Waals surface area contributed by atoms with E-state index in [9.17, 15) is 10.2 Å². The van der Waals surface area contributed by atoms with Crippen LogP contribution in [0, 0.1) is 11.3 Å². The quantitative estimate of drug-likeness (QED) is 0.832. The zero-order chi connectivity index (χ0) is 16.3. The normalized spacial score (nSPS) is 28.0. The van der Waals surface area contributed by atoms with Crippen LogP contribution in [0.4, 0.5) is 0 Å². The van der Waals surface area contributed by atoms with Crippen LogP contribution in [-0.4, -0.2) is 23.4 Å². The third kappa shape index (κ3) is 3.10. The molecule has 0 amide bonds. The van der Waals surface area contributed by atoms with Crippen LogP contribution in [0.3, 0.4) is 0 Å². The molecule has 2 N–H and O–H groups in total. The summed E-state index contributed by atoms with van der Waals surface area (Å²) in [6, 6.07) is 3.81. The molecule has 0 unspecified atom stereocenters. The van der Waals surface area contributed by atoms with Crippen molar-refractivity contribution in [1.29, 1.82) is 0 Å². The van der Waals surface area contributed by atoms with E-state index in [-0.39, 0.29) is 17.3 Å². The maximum atomic E-state index is 10.3. The summed E-state index contributed by atoms with van der Waals surface area (Å²) < 4.78 is 5.25. The summed E-state index contributed by atoms with van der Waals surface area (Å²) >= 11 is 0. The van der Waals surface area contributed by atoms with Gasteiger partial charge in [-0.3, -0.25) is 0 Å². The van der Waals surface area contributed by atoms with E-state index < -0.39 is 0 Å². The van der Waals surface area contributed by atoms with Crippen molar-refractivity contribution in [2.45, 2.75) is 65.4 Å². The van der Waals surface area contributed by atoms with Crippen LogP contribution < -0.4 is 4.74 Å². The van der Waals surface area contributed by atoms with Crippen LogP contribution in [-0.2, 0) is 12.8 Å². The highest BCUT2D eigenvalue weighted by atomic mass is 16.5. The van der Waals surface area contributed by atoms with Crippen LogP contribution in [0.2, 0.25) is 0 Å². The Labute approximate surface area is 134 Å². The molecule has 0 spiro atoms. The average Bonchev–Trinajstić information content (AvgIpc) is 2.81. The fourth-order valence-electron chi connectivity index (χ4n) is 4.00. The minimum atomic E-state index is -0.164. The lowest BCUT2D eigenvalue weighted by Crippen LogP contribution is -2.32. The van der Waals surface area contributed by atoms with E-state index in [1.54, 1.807) is 7.11 Å². The van der Waals surface area contributed by atoms with Gasteiger partial charge in [0.25, 0.3) is 0 Å². The van der Waals surface area contributed by atoms with Gasteiger partial charge in [0.1, 0.15) is 0 Å². The Balaban J connectivity index is 2.14. The highest BCUT2D eigenvalue weighted by Crippen LogP contribution is 2.48. The molecule has 1 aliphatic rings. The van der Waals surface area contributed by atoms with Gasteiger partial charge >= 0.3 is 0 Å². The molecule has 0 heterocycles. The van der Waals surface area contributed by atoms with Crippen LogP contribution >= 0.6 is 0 Å². The van der Waals surface area contributed by atoms with Crippen molar-refractivity contribution < 1.29 is 14.9 Å². The Bertz CT molecular complexity index is 512. The van der Waals surface area contributed by atoms with Gasteiger partial charge in [0.2, 0.25) is 0 Å². The Morgan fingerprint density at radius 1 is 1.23 bits per heavy atom. The maximum Gasteiger partial charge on any atom is 0.160 e. The molecular weight excluding hydrogens is 276 g/mol. The van der Waals surface area contributed by atoms with E-state index >= 15 is 0 Å². The zero-order valence-electron chi connectivity index (χ0n) is 14.4. The number of aryl methyl sites for hydroxylation is 2. The minimum Gasteiger partial charge on any atom is -0.504 e. The fraction of sp³-hybridized carbons (Fsp3) is 0.684. The largest absolute Gasteiger partial charge is 0.504 e. The summed E-state index contributed by atoms with van der Waals surface area (Å²) in [6.07, 6.45) is 5.87. The maximum absolute atomic E-state index is 10.3. The lowest BCUT2D eigenvalue weighted by Gasteiger charge is -2.33. The van der Waals surface area contributed by atoms with Crippen molar-refractivity contribution >= 4 is 0 Å². The molecule has 3 nitrogen and oxygen atoms in total. The van der Waals surface area contributed by atoms with Crippen LogP contribution in [0.5, 0.6) is 11.5 Å². The number of phenols is 1. The predicted molar refractivity (Wildman–Crippen MR) is 89.5 cm³/mol. The highest BCUT2D eigenvalue weighted by Gasteiger charge is 2.43. The Morgan fingerprint density at radius 3 is 2.55 bits per heavy atom. The topological polar surface area (TPSA) is 49.7 Å². The number of benzene rings is 1. The summed E-state index contributed by atoms with van der Waals surface area (Å²) in [6.45, 7) is 6.52. The molecule has 2 rings (SSSR count). The van der Waals surface area contributed by atoms with Crippen molar-refractivity contribution in [2.75, 3.05) is 7.11 Å². The molecule has 0 aliphatic heterocycles. The zero-order valence-corrected chi connectivity index (χ0v) is 14.4. The molecule has 0 bridgehead atoms. The molecule has 3 atom stereocenters. The Kier molecular flexibility index (Phi) is 5.38. The molecule has 0 saturated heterocycles. The molecule has 1 aromatic rings. The number of phenolic OH excluding ortho intramolecular Hbond substituents is 1. The molecule has 0 aromatic heterocycles. The van der Waals surface area contributed by atoms with Gasteiger partial charge in [-0.25, -0.2) is 0 Å². The smallest absolute Gasteiger partial charge is 0.160 e. The summed E-state index contributed by atoms with van der Waals surface area (Å²) in [4.78, 5) is 0. The van der Waals surface area contributed by atoms with Crippen molar-refractivity contribution in [3.05, 3.63) is 23.3 Å². The summed E-state index contributed by atoms with van der Waals surface area (Å²) in [5.41, 5.74) is 2.50. The number of hydrogen-bond donors (Lipinski definition) is 2. The van der Waals surface area contributed by atoms with E-state index in [1.165, 1.54) is 11.1 Å². The third-order valence-electron chi connectivity index (χ3n) is 5.89. The number of methoxy groups -OCH3 is 1. The Morgan fingerprint density at radius 2 is 1.95 bits per heavy atom. The molecule has 1 fully saturated rings. The van der Waals surface area contributed by atoms with Crippen molar-refractivity contribution in [2.24, 2.45) is 11.3 Å². The lowest BCUT2D eigenvalue weighted by atomic mass is 9.73. The molecule has 1 aromatic carbocycles. The number of hydrogen-bond acceptors (Lipinski definition) is 3. The number of aliphatic hydroxyl groups is 1. The van der Waals surface area contributed by atoms with Gasteiger partial charge in [0.05, 0.1) is 13.2 Å². The van der Waals surface area contributed by atoms with Gasteiger partial charge in [-0.15, -0.1) is 0 Å². The van der Waals surface area contributed by atoms with Crippen molar-refractivity contribution in [1.82, 2.24) is 0 Å². The first-order valence-corrected chi connectivity index (χ1v) is 8.53. The molecule has 124 valence electrons. The molecule has 22 heavy (non-hydrogen) atoms. The van der Waals surface area contributed by atoms with Gasteiger partial charge in [-0.1, -0.05) is 20.8 Å². The highest BCUT2D eigenvalue weighted by molar-refractivity contribution is 5.46. The van der Waals surface area contributed by atoms with Crippen LogP contribution in [0.25, 0.3) is 0 Å². The Hall–Kier alpha value is -1.22. The van der Waals surface area contributed by atoms with E-state index in [0.717, 1.165) is 38.5 Å². The predicted octanol–water partition coefficient (Wildman–Crippen LogP) is 4.08. The van der Waals surface area contributed by atoms with E-state index in [0.29, 0.717) is 11.7 Å². The fourth-order valence-corrected chi connectivity index (χ4v) is 4.00. The first kappa shape index (κ1) is 17.1. The van der Waals surface area contributed by atoms with E-state index in [1.807, 2.05) is 12.1 Å². The molecule has 1 saturated carbocycles. The van der Waals surface area contributed by atoms with Crippen molar-refractivity contribution in [3.63, 3.8) is 0 Å². The van der Waals surface area contributed by atoms with Gasteiger partial charge in [-0.05, 0) is 73.1 Å². The van der Waals surface area contributed by atoms with Gasteiger partial charge in [-0.2, -0.15) is 0 Å². The second kappa shape index (κ2) is 6.91. The monoisotopic (exact) mass is 306 g/mol. The molecule has 3 heteroatoms.